The fraction of sp³-hybridized carbons (Fsp3) is 0.381. The predicted octanol–water partition coefficient (Wildman–Crippen LogP) is 0.985. The van der Waals surface area contributed by atoms with Crippen LogP contribution in [0.5, 0.6) is 0 Å². The number of H-pyrrole nitrogens is 1. The fourth-order valence-corrected chi connectivity index (χ4v) is 3.90. The number of para-hydroxylation sites is 1. The number of amides is 1. The Hall–Kier alpha value is -2.93. The van der Waals surface area contributed by atoms with Crippen molar-refractivity contribution in [3.05, 3.63) is 64.6 Å². The third-order valence-electron chi connectivity index (χ3n) is 5.38. The summed E-state index contributed by atoms with van der Waals surface area (Å²) in [6, 6.07) is 11.2. The first-order valence-electron chi connectivity index (χ1n) is 9.83. The quantitative estimate of drug-likeness (QED) is 0.569. The molecule has 7 heteroatoms. The highest BCUT2D eigenvalue weighted by atomic mass is 16.3. The molecule has 1 aliphatic heterocycles. The molecular formula is C21H25N4O3+. The maximum atomic E-state index is 12.4. The van der Waals surface area contributed by atoms with Crippen LogP contribution in [0.1, 0.15) is 36.9 Å². The number of carbonyl (C=O) groups is 1. The number of carbonyl (C=O) groups excluding carboxylic acids is 1. The van der Waals surface area contributed by atoms with Crippen molar-refractivity contribution in [3.8, 4) is 0 Å². The average molecular weight is 381 g/mol. The predicted molar refractivity (Wildman–Crippen MR) is 105 cm³/mol. The Morgan fingerprint density at radius 1 is 1.21 bits per heavy atom. The minimum absolute atomic E-state index is 0.0500. The summed E-state index contributed by atoms with van der Waals surface area (Å²) < 4.78 is 5.60. The van der Waals surface area contributed by atoms with E-state index in [-0.39, 0.29) is 23.9 Å². The molecule has 2 aromatic heterocycles. The lowest BCUT2D eigenvalue weighted by molar-refractivity contribution is -0.919. The molecule has 1 aliphatic rings. The maximum Gasteiger partial charge on any atom is 0.258 e. The van der Waals surface area contributed by atoms with Crippen molar-refractivity contribution in [2.24, 2.45) is 0 Å². The zero-order valence-electron chi connectivity index (χ0n) is 15.7. The molecule has 0 radical (unpaired) electrons. The minimum atomic E-state index is -0.170. The molecule has 28 heavy (non-hydrogen) atoms. The SMILES string of the molecule is O=C(CCc1nc2ccccc2c(=O)[nH]1)NC[C@H](c1ccco1)[NH+]1CCCC1. The number of hydrogen-bond donors (Lipinski definition) is 3. The maximum absolute atomic E-state index is 12.4. The van der Waals surface area contributed by atoms with Crippen molar-refractivity contribution in [2.45, 2.75) is 31.7 Å². The second-order valence-electron chi connectivity index (χ2n) is 7.27. The molecule has 0 saturated carbocycles. The van der Waals surface area contributed by atoms with E-state index < -0.39 is 0 Å². The number of fused-ring (bicyclic) bond motifs is 1. The summed E-state index contributed by atoms with van der Waals surface area (Å²) in [5.41, 5.74) is 0.480. The summed E-state index contributed by atoms with van der Waals surface area (Å²) in [5, 5.41) is 3.59. The van der Waals surface area contributed by atoms with Gasteiger partial charge in [0.15, 0.2) is 11.8 Å². The normalized spacial score (nSPS) is 15.7. The molecule has 3 aromatic rings. The van der Waals surface area contributed by atoms with Gasteiger partial charge in [-0.3, -0.25) is 9.59 Å². The van der Waals surface area contributed by atoms with E-state index in [9.17, 15) is 9.59 Å². The van der Waals surface area contributed by atoms with Gasteiger partial charge in [-0.05, 0) is 24.3 Å². The second-order valence-corrected chi connectivity index (χ2v) is 7.27. The molecule has 3 heterocycles. The average Bonchev–Trinajstić information content (AvgIpc) is 3.41. The highest BCUT2D eigenvalue weighted by Gasteiger charge is 2.29. The van der Waals surface area contributed by atoms with Gasteiger partial charge in [-0.2, -0.15) is 0 Å². The Balaban J connectivity index is 1.35. The van der Waals surface area contributed by atoms with Gasteiger partial charge in [-0.1, -0.05) is 12.1 Å². The molecule has 1 amide bonds. The van der Waals surface area contributed by atoms with Crippen LogP contribution in [0.4, 0.5) is 0 Å². The summed E-state index contributed by atoms with van der Waals surface area (Å²) in [4.78, 5) is 33.2. The van der Waals surface area contributed by atoms with Gasteiger partial charge < -0.3 is 19.6 Å². The van der Waals surface area contributed by atoms with Crippen molar-refractivity contribution in [3.63, 3.8) is 0 Å². The van der Waals surface area contributed by atoms with Crippen molar-refractivity contribution in [1.29, 1.82) is 0 Å². The van der Waals surface area contributed by atoms with E-state index in [0.717, 1.165) is 18.8 Å². The molecule has 0 spiro atoms. The van der Waals surface area contributed by atoms with Gasteiger partial charge in [-0.25, -0.2) is 4.98 Å². The van der Waals surface area contributed by atoms with E-state index in [0.29, 0.717) is 29.7 Å². The third-order valence-corrected chi connectivity index (χ3v) is 5.38. The molecule has 0 unspecified atom stereocenters. The van der Waals surface area contributed by atoms with Crippen LogP contribution in [0.3, 0.4) is 0 Å². The van der Waals surface area contributed by atoms with Gasteiger partial charge in [0.25, 0.3) is 5.56 Å². The lowest BCUT2D eigenvalue weighted by Gasteiger charge is -2.23. The van der Waals surface area contributed by atoms with Gasteiger partial charge in [0, 0.05) is 25.7 Å². The van der Waals surface area contributed by atoms with Crippen LogP contribution in [0.2, 0.25) is 0 Å². The number of benzene rings is 1. The number of nitrogens with zero attached hydrogens (tertiary/aromatic N) is 1. The van der Waals surface area contributed by atoms with E-state index in [4.69, 9.17) is 4.42 Å². The Kier molecular flexibility index (Phi) is 5.53. The Morgan fingerprint density at radius 2 is 2.04 bits per heavy atom. The largest absolute Gasteiger partial charge is 0.463 e. The molecule has 3 N–H and O–H groups in total. The number of quaternary nitrogens is 1. The first kappa shape index (κ1) is 18.4. The molecule has 1 saturated heterocycles. The topological polar surface area (TPSA) is 92.4 Å². The van der Waals surface area contributed by atoms with Crippen LogP contribution in [-0.2, 0) is 11.2 Å². The summed E-state index contributed by atoms with van der Waals surface area (Å²) >= 11 is 0. The number of likely N-dealkylation sites (tertiary alicyclic amines) is 1. The lowest BCUT2D eigenvalue weighted by Crippen LogP contribution is -3.11. The van der Waals surface area contributed by atoms with Crippen LogP contribution in [0, 0.1) is 0 Å². The summed E-state index contributed by atoms with van der Waals surface area (Å²) in [7, 11) is 0. The molecular weight excluding hydrogens is 356 g/mol. The number of aromatic nitrogens is 2. The molecule has 1 aromatic carbocycles. The lowest BCUT2D eigenvalue weighted by atomic mass is 10.2. The van der Waals surface area contributed by atoms with E-state index in [1.165, 1.54) is 17.7 Å². The van der Waals surface area contributed by atoms with Gasteiger partial charge in [0.1, 0.15) is 5.82 Å². The molecule has 4 rings (SSSR count). The van der Waals surface area contributed by atoms with E-state index in [1.807, 2.05) is 24.3 Å². The zero-order valence-corrected chi connectivity index (χ0v) is 15.7. The molecule has 7 nitrogen and oxygen atoms in total. The highest BCUT2D eigenvalue weighted by Crippen LogP contribution is 2.11. The fourth-order valence-electron chi connectivity index (χ4n) is 3.90. The van der Waals surface area contributed by atoms with Gasteiger partial charge >= 0.3 is 0 Å². The number of hydrogen-bond acceptors (Lipinski definition) is 4. The van der Waals surface area contributed by atoms with Crippen molar-refractivity contribution in [1.82, 2.24) is 15.3 Å². The van der Waals surface area contributed by atoms with E-state index >= 15 is 0 Å². The van der Waals surface area contributed by atoms with Crippen LogP contribution in [0.25, 0.3) is 10.9 Å². The molecule has 146 valence electrons. The summed E-state index contributed by atoms with van der Waals surface area (Å²) in [5.74, 6) is 1.40. The molecule has 1 atom stereocenters. The summed E-state index contributed by atoms with van der Waals surface area (Å²) in [6.07, 6.45) is 4.78. The van der Waals surface area contributed by atoms with Crippen LogP contribution >= 0.6 is 0 Å². The highest BCUT2D eigenvalue weighted by molar-refractivity contribution is 5.78. The Morgan fingerprint density at radius 3 is 2.82 bits per heavy atom. The summed E-state index contributed by atoms with van der Waals surface area (Å²) in [6.45, 7) is 2.75. The van der Waals surface area contributed by atoms with Gasteiger partial charge in [-0.15, -0.1) is 0 Å². The van der Waals surface area contributed by atoms with E-state index in [1.54, 1.807) is 18.4 Å². The third kappa shape index (κ3) is 4.14. The van der Waals surface area contributed by atoms with Crippen LogP contribution in [0.15, 0.2) is 51.9 Å². The number of nitrogens with one attached hydrogen (secondary N) is 3. The van der Waals surface area contributed by atoms with Crippen molar-refractivity contribution < 1.29 is 14.1 Å². The number of furan rings is 1. The zero-order chi connectivity index (χ0) is 19.3. The number of aromatic amines is 1. The van der Waals surface area contributed by atoms with Crippen molar-refractivity contribution >= 4 is 16.8 Å². The Bertz CT molecular complexity index is 990. The minimum Gasteiger partial charge on any atom is -0.463 e. The van der Waals surface area contributed by atoms with E-state index in [2.05, 4.69) is 15.3 Å². The first-order chi connectivity index (χ1) is 13.7. The standard InChI is InChI=1S/C21H24N4O3/c26-20(10-9-19-23-16-7-2-1-6-15(16)21(27)24-19)22-14-17(18-8-5-13-28-18)25-11-3-4-12-25/h1-2,5-8,13,17H,3-4,9-12,14H2,(H,22,26)(H,23,24,27)/p+1/t17-/m1/s1. The van der Waals surface area contributed by atoms with Crippen LogP contribution in [-0.4, -0.2) is 35.5 Å². The molecule has 1 fully saturated rings. The molecule has 0 bridgehead atoms. The monoisotopic (exact) mass is 381 g/mol. The second kappa shape index (κ2) is 8.39. The number of aryl methyl sites for hydroxylation is 1. The Labute approximate surface area is 162 Å². The first-order valence-corrected chi connectivity index (χ1v) is 9.83. The van der Waals surface area contributed by atoms with Crippen molar-refractivity contribution in [2.75, 3.05) is 19.6 Å². The van der Waals surface area contributed by atoms with Gasteiger partial charge in [0.05, 0.1) is 36.8 Å². The van der Waals surface area contributed by atoms with Crippen LogP contribution < -0.4 is 15.8 Å². The molecule has 0 aliphatic carbocycles. The van der Waals surface area contributed by atoms with Gasteiger partial charge in [0.2, 0.25) is 5.91 Å². The smallest absolute Gasteiger partial charge is 0.258 e. The number of rotatable bonds is 7.